The van der Waals surface area contributed by atoms with E-state index >= 15 is 0 Å². The Bertz CT molecular complexity index is 1440. The minimum Gasteiger partial charge on any atom is -0.354 e. The Morgan fingerprint density at radius 3 is 2.12 bits per heavy atom. The first-order chi connectivity index (χ1) is 18.8. The van der Waals surface area contributed by atoms with Gasteiger partial charge in [-0.05, 0) is 74.2 Å². The number of nitrogens with zero attached hydrogens (tertiary/aromatic N) is 2. The zero-order valence-electron chi connectivity index (χ0n) is 23.3. The van der Waals surface area contributed by atoms with Crippen molar-refractivity contribution >= 4 is 50.7 Å². The molecule has 0 aromatic heterocycles. The highest BCUT2D eigenvalue weighted by Crippen LogP contribution is 2.31. The minimum absolute atomic E-state index is 0.0391. The Balaban J connectivity index is 2.05. The normalized spacial score (nSPS) is 12.2. The maximum absolute atomic E-state index is 14.0. The molecule has 1 atom stereocenters. The lowest BCUT2D eigenvalue weighted by atomic mass is 10.1. The third-order valence-electron chi connectivity index (χ3n) is 6.51. The molecule has 0 aliphatic carbocycles. The van der Waals surface area contributed by atoms with Crippen LogP contribution in [0.2, 0.25) is 10.0 Å². The summed E-state index contributed by atoms with van der Waals surface area (Å²) in [7, 11) is -4.18. The second kappa shape index (κ2) is 13.5. The fourth-order valence-corrected chi connectivity index (χ4v) is 5.81. The van der Waals surface area contributed by atoms with Crippen LogP contribution in [0.1, 0.15) is 37.5 Å². The molecule has 214 valence electrons. The van der Waals surface area contributed by atoms with Gasteiger partial charge in [-0.3, -0.25) is 13.9 Å². The van der Waals surface area contributed by atoms with Crippen molar-refractivity contribution in [2.75, 3.05) is 17.4 Å². The molecule has 7 nitrogen and oxygen atoms in total. The van der Waals surface area contributed by atoms with Gasteiger partial charge in [0.05, 0.1) is 10.6 Å². The summed E-state index contributed by atoms with van der Waals surface area (Å²) >= 11 is 12.4. The van der Waals surface area contributed by atoms with Crippen LogP contribution >= 0.6 is 23.2 Å². The average molecular weight is 605 g/mol. The molecule has 0 aliphatic heterocycles. The second-order valence-electron chi connectivity index (χ2n) is 10.2. The number of hydrogen-bond donors (Lipinski definition) is 1. The molecule has 0 unspecified atom stereocenters. The predicted molar refractivity (Wildman–Crippen MR) is 161 cm³/mol. The first kappa shape index (κ1) is 31.5. The molecule has 0 saturated heterocycles. The van der Waals surface area contributed by atoms with E-state index in [1.807, 2.05) is 20.8 Å². The van der Waals surface area contributed by atoms with E-state index < -0.39 is 28.5 Å². The smallest absolute Gasteiger partial charge is 0.264 e. The SMILES string of the molecule is Cc1ccc(S(=O)(=O)N(CC(=O)N(Cc2ccc(Cl)cc2)[C@H](C)C(=O)NCC(C)C)c2cccc(Cl)c2C)cc1. The first-order valence-corrected chi connectivity index (χ1v) is 15.2. The average Bonchev–Trinajstić information content (AvgIpc) is 2.91. The lowest BCUT2D eigenvalue weighted by Crippen LogP contribution is -2.51. The molecule has 3 rings (SSSR count). The van der Waals surface area contributed by atoms with Gasteiger partial charge in [0.15, 0.2) is 0 Å². The van der Waals surface area contributed by atoms with Crippen molar-refractivity contribution in [1.82, 2.24) is 10.2 Å². The van der Waals surface area contributed by atoms with Crippen molar-refractivity contribution in [3.05, 3.63) is 93.5 Å². The molecule has 2 amide bonds. The minimum atomic E-state index is -4.18. The van der Waals surface area contributed by atoms with Crippen molar-refractivity contribution < 1.29 is 18.0 Å². The molecule has 0 bridgehead atoms. The van der Waals surface area contributed by atoms with E-state index in [1.165, 1.54) is 17.0 Å². The van der Waals surface area contributed by atoms with Crippen LogP contribution in [0.3, 0.4) is 0 Å². The van der Waals surface area contributed by atoms with Crippen molar-refractivity contribution in [2.24, 2.45) is 5.92 Å². The highest BCUT2D eigenvalue weighted by atomic mass is 35.5. The van der Waals surface area contributed by atoms with Crippen LogP contribution in [0, 0.1) is 19.8 Å². The van der Waals surface area contributed by atoms with E-state index in [2.05, 4.69) is 5.32 Å². The van der Waals surface area contributed by atoms with E-state index in [-0.39, 0.29) is 29.0 Å². The lowest BCUT2D eigenvalue weighted by Gasteiger charge is -2.32. The number of sulfonamides is 1. The summed E-state index contributed by atoms with van der Waals surface area (Å²) in [5, 5.41) is 3.78. The molecular weight excluding hydrogens is 569 g/mol. The number of carbonyl (C=O) groups is 2. The van der Waals surface area contributed by atoms with Crippen LogP contribution in [0.25, 0.3) is 0 Å². The summed E-state index contributed by atoms with van der Waals surface area (Å²) in [6.07, 6.45) is 0. The van der Waals surface area contributed by atoms with Crippen LogP contribution < -0.4 is 9.62 Å². The molecule has 0 saturated carbocycles. The van der Waals surface area contributed by atoms with Gasteiger partial charge in [-0.1, -0.05) is 72.9 Å². The topological polar surface area (TPSA) is 86.8 Å². The first-order valence-electron chi connectivity index (χ1n) is 13.0. The maximum Gasteiger partial charge on any atom is 0.264 e. The van der Waals surface area contributed by atoms with E-state index in [1.54, 1.807) is 68.4 Å². The van der Waals surface area contributed by atoms with E-state index in [9.17, 15) is 18.0 Å². The zero-order valence-corrected chi connectivity index (χ0v) is 25.6. The van der Waals surface area contributed by atoms with Gasteiger partial charge in [0.25, 0.3) is 10.0 Å². The molecule has 3 aromatic carbocycles. The number of aryl methyl sites for hydroxylation is 1. The highest BCUT2D eigenvalue weighted by molar-refractivity contribution is 7.92. The lowest BCUT2D eigenvalue weighted by molar-refractivity contribution is -0.139. The fraction of sp³-hybridized carbons (Fsp3) is 0.333. The zero-order chi connectivity index (χ0) is 29.6. The van der Waals surface area contributed by atoms with Crippen LogP contribution in [0.4, 0.5) is 5.69 Å². The van der Waals surface area contributed by atoms with Crippen molar-refractivity contribution in [3.63, 3.8) is 0 Å². The molecule has 0 heterocycles. The number of hydrogen-bond acceptors (Lipinski definition) is 4. The van der Waals surface area contributed by atoms with E-state index in [0.29, 0.717) is 22.2 Å². The van der Waals surface area contributed by atoms with Gasteiger partial charge in [0.2, 0.25) is 11.8 Å². The summed E-state index contributed by atoms with van der Waals surface area (Å²) in [5.74, 6) is -0.655. The van der Waals surface area contributed by atoms with Gasteiger partial charge in [-0.15, -0.1) is 0 Å². The third kappa shape index (κ3) is 7.77. The summed E-state index contributed by atoms with van der Waals surface area (Å²) in [6.45, 7) is 9.14. The largest absolute Gasteiger partial charge is 0.354 e. The van der Waals surface area contributed by atoms with Crippen LogP contribution in [-0.4, -0.2) is 44.3 Å². The molecule has 1 N–H and O–H groups in total. The molecular formula is C30H35Cl2N3O4S. The Labute approximate surface area is 247 Å². The third-order valence-corrected chi connectivity index (χ3v) is 8.95. The number of rotatable bonds is 11. The van der Waals surface area contributed by atoms with Crippen molar-refractivity contribution in [1.29, 1.82) is 0 Å². The fourth-order valence-electron chi connectivity index (χ4n) is 4.04. The van der Waals surface area contributed by atoms with Gasteiger partial charge in [0, 0.05) is 23.1 Å². The van der Waals surface area contributed by atoms with Crippen LogP contribution in [-0.2, 0) is 26.2 Å². The quantitative estimate of drug-likeness (QED) is 0.291. The van der Waals surface area contributed by atoms with Gasteiger partial charge >= 0.3 is 0 Å². The van der Waals surface area contributed by atoms with Gasteiger partial charge in [-0.25, -0.2) is 8.42 Å². The molecule has 0 aliphatic rings. The summed E-state index contributed by atoms with van der Waals surface area (Å²) in [6, 6.07) is 17.4. The molecule has 0 radical (unpaired) electrons. The van der Waals surface area contributed by atoms with Gasteiger partial charge in [0.1, 0.15) is 12.6 Å². The Morgan fingerprint density at radius 2 is 1.52 bits per heavy atom. The number of carbonyl (C=O) groups excluding carboxylic acids is 2. The highest BCUT2D eigenvalue weighted by Gasteiger charge is 2.33. The molecule has 0 spiro atoms. The standard InChI is InChI=1S/C30H35Cl2N3O4S/c1-20(2)17-33-30(37)23(5)34(18-24-11-13-25(31)14-12-24)29(36)19-35(28-8-6-7-27(32)22(28)4)40(38,39)26-15-9-21(3)10-16-26/h6-16,20,23H,17-19H2,1-5H3,(H,33,37)/t23-/m1/s1. The van der Waals surface area contributed by atoms with E-state index in [0.717, 1.165) is 15.4 Å². The van der Waals surface area contributed by atoms with Gasteiger partial charge in [-0.2, -0.15) is 0 Å². The monoisotopic (exact) mass is 603 g/mol. The summed E-state index contributed by atoms with van der Waals surface area (Å²) < 4.78 is 29.0. The Morgan fingerprint density at radius 1 is 0.900 bits per heavy atom. The molecule has 0 fully saturated rings. The van der Waals surface area contributed by atoms with Crippen LogP contribution in [0.5, 0.6) is 0 Å². The summed E-state index contributed by atoms with van der Waals surface area (Å²) in [4.78, 5) is 28.5. The second-order valence-corrected chi connectivity index (χ2v) is 12.9. The Hall–Kier alpha value is -3.07. The number of halogens is 2. The molecule has 40 heavy (non-hydrogen) atoms. The molecule has 10 heteroatoms. The van der Waals surface area contributed by atoms with Gasteiger partial charge < -0.3 is 10.2 Å². The summed E-state index contributed by atoms with van der Waals surface area (Å²) in [5.41, 5.74) is 2.44. The van der Waals surface area contributed by atoms with E-state index in [4.69, 9.17) is 23.2 Å². The molecule has 3 aromatic rings. The maximum atomic E-state index is 14.0. The van der Waals surface area contributed by atoms with Crippen LogP contribution in [0.15, 0.2) is 71.6 Å². The number of amides is 2. The number of nitrogens with one attached hydrogen (secondary N) is 1. The predicted octanol–water partition coefficient (Wildman–Crippen LogP) is 6.00. The number of anilines is 1. The Kier molecular flexibility index (Phi) is 10.6. The number of benzene rings is 3. The van der Waals surface area contributed by atoms with Crippen molar-refractivity contribution in [3.8, 4) is 0 Å². The van der Waals surface area contributed by atoms with Crippen molar-refractivity contribution in [2.45, 2.75) is 52.1 Å².